The van der Waals surface area contributed by atoms with Crippen LogP contribution in [0.3, 0.4) is 0 Å². The van der Waals surface area contributed by atoms with Gasteiger partial charge in [0.05, 0.1) is 6.04 Å². The SMILES string of the molecule is CCC(NC(=O)NCCCO)c1ccc(Br)cc1. The van der Waals surface area contributed by atoms with Crippen LogP contribution in [0.15, 0.2) is 28.7 Å². The highest BCUT2D eigenvalue weighted by atomic mass is 79.9. The fourth-order valence-electron chi connectivity index (χ4n) is 1.61. The first-order chi connectivity index (χ1) is 8.67. The molecule has 0 heterocycles. The first-order valence-electron chi connectivity index (χ1n) is 6.08. The molecule has 0 bridgehead atoms. The van der Waals surface area contributed by atoms with Crippen LogP contribution in [-0.4, -0.2) is 24.3 Å². The van der Waals surface area contributed by atoms with E-state index in [0.717, 1.165) is 16.5 Å². The molecule has 3 N–H and O–H groups in total. The van der Waals surface area contributed by atoms with Crippen molar-refractivity contribution in [1.82, 2.24) is 10.6 Å². The van der Waals surface area contributed by atoms with Crippen LogP contribution in [0.1, 0.15) is 31.4 Å². The smallest absolute Gasteiger partial charge is 0.315 e. The van der Waals surface area contributed by atoms with Crippen LogP contribution in [-0.2, 0) is 0 Å². The van der Waals surface area contributed by atoms with Crippen LogP contribution in [0.5, 0.6) is 0 Å². The van der Waals surface area contributed by atoms with Gasteiger partial charge in [0, 0.05) is 17.6 Å². The van der Waals surface area contributed by atoms with Gasteiger partial charge in [-0.25, -0.2) is 4.79 Å². The summed E-state index contributed by atoms with van der Waals surface area (Å²) in [5.74, 6) is 0. The van der Waals surface area contributed by atoms with Crippen LogP contribution in [0, 0.1) is 0 Å². The second-order valence-corrected chi connectivity index (χ2v) is 4.91. The van der Waals surface area contributed by atoms with E-state index in [4.69, 9.17) is 5.11 Å². The summed E-state index contributed by atoms with van der Waals surface area (Å²) in [5, 5.41) is 14.3. The number of benzene rings is 1. The lowest BCUT2D eigenvalue weighted by Gasteiger charge is -2.18. The van der Waals surface area contributed by atoms with Crippen molar-refractivity contribution in [3.05, 3.63) is 34.3 Å². The minimum atomic E-state index is -0.196. The molecule has 0 aromatic heterocycles. The minimum absolute atomic E-state index is 0.00669. The maximum atomic E-state index is 11.6. The number of aliphatic hydroxyl groups is 1. The third-order valence-electron chi connectivity index (χ3n) is 2.61. The number of amides is 2. The Morgan fingerprint density at radius 1 is 1.39 bits per heavy atom. The van der Waals surface area contributed by atoms with E-state index in [9.17, 15) is 4.79 Å². The molecular weight excluding hydrogens is 296 g/mol. The fraction of sp³-hybridized carbons (Fsp3) is 0.462. The summed E-state index contributed by atoms with van der Waals surface area (Å²) in [4.78, 5) is 11.6. The summed E-state index contributed by atoms with van der Waals surface area (Å²) in [6.45, 7) is 2.60. The Balaban J connectivity index is 2.51. The van der Waals surface area contributed by atoms with Crippen molar-refractivity contribution < 1.29 is 9.90 Å². The fourth-order valence-corrected chi connectivity index (χ4v) is 1.87. The Kier molecular flexibility index (Phi) is 6.75. The molecule has 100 valence electrons. The number of carbonyl (C=O) groups excluding carboxylic acids is 1. The number of hydrogen-bond donors (Lipinski definition) is 3. The zero-order valence-corrected chi connectivity index (χ0v) is 12.0. The van der Waals surface area contributed by atoms with Crippen molar-refractivity contribution in [3.63, 3.8) is 0 Å². The maximum absolute atomic E-state index is 11.6. The molecule has 0 aliphatic heterocycles. The molecule has 5 heteroatoms. The van der Waals surface area contributed by atoms with Crippen molar-refractivity contribution in [2.24, 2.45) is 0 Å². The largest absolute Gasteiger partial charge is 0.396 e. The van der Waals surface area contributed by atoms with Gasteiger partial charge in [0.15, 0.2) is 0 Å². The molecule has 0 saturated carbocycles. The number of carbonyl (C=O) groups is 1. The van der Waals surface area contributed by atoms with E-state index in [0.29, 0.717) is 13.0 Å². The van der Waals surface area contributed by atoms with Crippen molar-refractivity contribution in [2.75, 3.05) is 13.2 Å². The lowest BCUT2D eigenvalue weighted by atomic mass is 10.1. The predicted octanol–water partition coefficient (Wildman–Crippen LogP) is 2.58. The number of nitrogens with one attached hydrogen (secondary N) is 2. The summed E-state index contributed by atoms with van der Waals surface area (Å²) in [6, 6.07) is 7.72. The summed E-state index contributed by atoms with van der Waals surface area (Å²) >= 11 is 3.39. The van der Waals surface area contributed by atoms with Gasteiger partial charge in [-0.05, 0) is 30.5 Å². The highest BCUT2D eigenvalue weighted by Crippen LogP contribution is 2.19. The van der Waals surface area contributed by atoms with Crippen LogP contribution in [0.2, 0.25) is 0 Å². The average Bonchev–Trinajstić information content (AvgIpc) is 2.37. The zero-order valence-electron chi connectivity index (χ0n) is 10.4. The molecule has 1 unspecified atom stereocenters. The minimum Gasteiger partial charge on any atom is -0.396 e. The Hall–Kier alpha value is -1.07. The monoisotopic (exact) mass is 314 g/mol. The van der Waals surface area contributed by atoms with Crippen LogP contribution >= 0.6 is 15.9 Å². The van der Waals surface area contributed by atoms with Gasteiger partial charge in [-0.2, -0.15) is 0 Å². The lowest BCUT2D eigenvalue weighted by molar-refractivity contribution is 0.234. The second kappa shape index (κ2) is 8.11. The second-order valence-electron chi connectivity index (χ2n) is 3.99. The Morgan fingerprint density at radius 3 is 2.61 bits per heavy atom. The molecule has 0 aliphatic carbocycles. The van der Waals surface area contributed by atoms with Crippen molar-refractivity contribution in [3.8, 4) is 0 Å². The molecule has 1 aromatic rings. The third-order valence-corrected chi connectivity index (χ3v) is 3.14. The molecule has 0 radical (unpaired) electrons. The first kappa shape index (κ1) is 15.0. The van der Waals surface area contributed by atoms with Crippen LogP contribution in [0.25, 0.3) is 0 Å². The number of rotatable bonds is 6. The van der Waals surface area contributed by atoms with Gasteiger partial charge in [-0.15, -0.1) is 0 Å². The average molecular weight is 315 g/mol. The number of hydrogen-bond acceptors (Lipinski definition) is 2. The zero-order chi connectivity index (χ0) is 13.4. The maximum Gasteiger partial charge on any atom is 0.315 e. The van der Waals surface area contributed by atoms with E-state index in [1.807, 2.05) is 31.2 Å². The Labute approximate surface area is 116 Å². The van der Waals surface area contributed by atoms with Crippen molar-refractivity contribution in [1.29, 1.82) is 0 Å². The molecule has 4 nitrogen and oxygen atoms in total. The molecule has 0 spiro atoms. The van der Waals surface area contributed by atoms with Gasteiger partial charge < -0.3 is 15.7 Å². The van der Waals surface area contributed by atoms with E-state index < -0.39 is 0 Å². The molecule has 0 aliphatic rings. The molecule has 1 aromatic carbocycles. The highest BCUT2D eigenvalue weighted by Gasteiger charge is 2.11. The van der Waals surface area contributed by atoms with Gasteiger partial charge >= 0.3 is 6.03 Å². The normalized spacial score (nSPS) is 11.9. The lowest BCUT2D eigenvalue weighted by Crippen LogP contribution is -2.38. The van der Waals surface area contributed by atoms with Crippen molar-refractivity contribution >= 4 is 22.0 Å². The quantitative estimate of drug-likeness (QED) is 0.707. The number of halogens is 1. The van der Waals surface area contributed by atoms with E-state index in [2.05, 4.69) is 26.6 Å². The van der Waals surface area contributed by atoms with Gasteiger partial charge in [0.25, 0.3) is 0 Å². The van der Waals surface area contributed by atoms with Gasteiger partial charge in [0.1, 0.15) is 0 Å². The first-order valence-corrected chi connectivity index (χ1v) is 6.87. The topological polar surface area (TPSA) is 61.4 Å². The van der Waals surface area contributed by atoms with E-state index in [-0.39, 0.29) is 18.7 Å². The van der Waals surface area contributed by atoms with Crippen LogP contribution in [0.4, 0.5) is 4.79 Å². The molecule has 0 fully saturated rings. The highest BCUT2D eigenvalue weighted by molar-refractivity contribution is 9.10. The summed E-state index contributed by atoms with van der Waals surface area (Å²) in [7, 11) is 0. The number of urea groups is 1. The van der Waals surface area contributed by atoms with E-state index in [1.54, 1.807) is 0 Å². The molecule has 2 amide bonds. The molecule has 1 rings (SSSR count). The van der Waals surface area contributed by atoms with Gasteiger partial charge in [-0.1, -0.05) is 35.0 Å². The van der Waals surface area contributed by atoms with Crippen molar-refractivity contribution in [2.45, 2.75) is 25.8 Å². The molecule has 0 saturated heterocycles. The standard InChI is InChI=1S/C13H19BrN2O2/c1-2-12(10-4-6-11(14)7-5-10)16-13(18)15-8-3-9-17/h4-7,12,17H,2-3,8-9H2,1H3,(H2,15,16,18). The molecule has 18 heavy (non-hydrogen) atoms. The third kappa shape index (κ3) is 5.06. The molecular formula is C13H19BrN2O2. The summed E-state index contributed by atoms with van der Waals surface area (Å²) < 4.78 is 1.02. The van der Waals surface area contributed by atoms with Gasteiger partial charge in [0.2, 0.25) is 0 Å². The van der Waals surface area contributed by atoms with Gasteiger partial charge in [-0.3, -0.25) is 0 Å². The number of aliphatic hydroxyl groups excluding tert-OH is 1. The summed E-state index contributed by atoms with van der Waals surface area (Å²) in [5.41, 5.74) is 1.08. The summed E-state index contributed by atoms with van der Waals surface area (Å²) in [6.07, 6.45) is 1.40. The predicted molar refractivity (Wildman–Crippen MR) is 75.4 cm³/mol. The Bertz CT molecular complexity index is 368. The molecule has 1 atom stereocenters. The van der Waals surface area contributed by atoms with E-state index >= 15 is 0 Å². The van der Waals surface area contributed by atoms with Crippen LogP contribution < -0.4 is 10.6 Å². The van der Waals surface area contributed by atoms with E-state index in [1.165, 1.54) is 0 Å². The Morgan fingerprint density at radius 2 is 2.06 bits per heavy atom.